The quantitative estimate of drug-likeness (QED) is 0.710. The number of halogens is 1. The van der Waals surface area contributed by atoms with E-state index in [0.717, 1.165) is 0 Å². The van der Waals surface area contributed by atoms with Crippen molar-refractivity contribution in [2.24, 2.45) is 0 Å². The molecule has 2 unspecified atom stereocenters. The van der Waals surface area contributed by atoms with Gasteiger partial charge in [0.1, 0.15) is 12.2 Å². The van der Waals surface area contributed by atoms with E-state index in [1.807, 2.05) is 0 Å². The van der Waals surface area contributed by atoms with E-state index >= 15 is 0 Å². The van der Waals surface area contributed by atoms with Crippen LogP contribution in [0.25, 0.3) is 0 Å². The molecule has 0 saturated carbocycles. The van der Waals surface area contributed by atoms with Crippen molar-refractivity contribution in [3.63, 3.8) is 0 Å². The number of carbonyl (C=O) groups is 1. The minimum Gasteiger partial charge on any atom is -0.388 e. The summed E-state index contributed by atoms with van der Waals surface area (Å²) in [4.78, 5) is 14.5. The first-order chi connectivity index (χ1) is 7.50. The number of carbonyl (C=O) groups excluding carboxylic acids is 1. The van der Waals surface area contributed by atoms with Gasteiger partial charge in [0.25, 0.3) is 0 Å². The highest BCUT2D eigenvalue weighted by Gasteiger charge is 2.19. The van der Waals surface area contributed by atoms with Crippen molar-refractivity contribution in [1.82, 2.24) is 10.3 Å². The zero-order valence-corrected chi connectivity index (χ0v) is 9.48. The van der Waals surface area contributed by atoms with E-state index in [9.17, 15) is 15.0 Å². The van der Waals surface area contributed by atoms with Crippen LogP contribution in [0.2, 0.25) is 5.02 Å². The SMILES string of the molecule is CC(=O)NCC(O)C(O)c1ccc(Cl)cn1. The third-order valence-corrected chi connectivity index (χ3v) is 2.20. The first kappa shape index (κ1) is 12.9. The summed E-state index contributed by atoms with van der Waals surface area (Å²) in [7, 11) is 0. The van der Waals surface area contributed by atoms with Crippen LogP contribution < -0.4 is 5.32 Å². The van der Waals surface area contributed by atoms with E-state index in [4.69, 9.17) is 11.6 Å². The van der Waals surface area contributed by atoms with Crippen LogP contribution in [0.3, 0.4) is 0 Å². The van der Waals surface area contributed by atoms with E-state index in [0.29, 0.717) is 10.7 Å². The second kappa shape index (κ2) is 5.79. The molecular weight excluding hydrogens is 232 g/mol. The molecule has 3 N–H and O–H groups in total. The average molecular weight is 245 g/mol. The summed E-state index contributed by atoms with van der Waals surface area (Å²) < 4.78 is 0. The van der Waals surface area contributed by atoms with Gasteiger partial charge in [0.2, 0.25) is 5.91 Å². The number of aliphatic hydroxyl groups is 2. The molecular formula is C10H13ClN2O3. The highest BCUT2D eigenvalue weighted by molar-refractivity contribution is 6.30. The van der Waals surface area contributed by atoms with Crippen LogP contribution >= 0.6 is 11.6 Å². The smallest absolute Gasteiger partial charge is 0.216 e. The summed E-state index contributed by atoms with van der Waals surface area (Å²) in [6, 6.07) is 3.09. The molecule has 1 heterocycles. The second-order valence-electron chi connectivity index (χ2n) is 3.35. The maximum Gasteiger partial charge on any atom is 0.216 e. The van der Waals surface area contributed by atoms with E-state index in [2.05, 4.69) is 10.3 Å². The Balaban J connectivity index is 2.59. The van der Waals surface area contributed by atoms with Gasteiger partial charge >= 0.3 is 0 Å². The van der Waals surface area contributed by atoms with Gasteiger partial charge in [-0.05, 0) is 12.1 Å². The normalized spacial score (nSPS) is 14.2. The minimum atomic E-state index is -1.15. The Labute approximate surface area is 98.1 Å². The number of hydrogen-bond donors (Lipinski definition) is 3. The molecule has 0 radical (unpaired) electrons. The molecule has 1 aromatic heterocycles. The molecule has 0 aromatic carbocycles. The molecule has 1 aromatic rings. The Bertz CT molecular complexity index is 356. The molecule has 1 amide bonds. The highest BCUT2D eigenvalue weighted by atomic mass is 35.5. The van der Waals surface area contributed by atoms with Gasteiger partial charge in [0, 0.05) is 19.7 Å². The summed E-state index contributed by atoms with van der Waals surface area (Å²) in [5, 5.41) is 22.1. The van der Waals surface area contributed by atoms with Gasteiger partial charge in [0.15, 0.2) is 0 Å². The van der Waals surface area contributed by atoms with Crippen LogP contribution in [0.5, 0.6) is 0 Å². The average Bonchev–Trinajstić information content (AvgIpc) is 2.26. The molecule has 0 aliphatic heterocycles. The number of hydrogen-bond acceptors (Lipinski definition) is 4. The number of rotatable bonds is 4. The van der Waals surface area contributed by atoms with E-state index < -0.39 is 12.2 Å². The number of pyridine rings is 1. The lowest BCUT2D eigenvalue weighted by atomic mass is 10.1. The van der Waals surface area contributed by atoms with E-state index in [-0.39, 0.29) is 12.5 Å². The molecule has 0 fully saturated rings. The van der Waals surface area contributed by atoms with Crippen LogP contribution in [-0.4, -0.2) is 33.8 Å². The van der Waals surface area contributed by atoms with Crippen molar-refractivity contribution in [3.8, 4) is 0 Å². The third-order valence-electron chi connectivity index (χ3n) is 1.98. The van der Waals surface area contributed by atoms with Gasteiger partial charge in [0.05, 0.1) is 10.7 Å². The first-order valence-corrected chi connectivity index (χ1v) is 5.10. The van der Waals surface area contributed by atoms with Crippen molar-refractivity contribution in [3.05, 3.63) is 29.0 Å². The maximum atomic E-state index is 10.6. The van der Waals surface area contributed by atoms with Gasteiger partial charge < -0.3 is 15.5 Å². The number of nitrogens with zero attached hydrogens (tertiary/aromatic N) is 1. The minimum absolute atomic E-state index is 0.0270. The van der Waals surface area contributed by atoms with E-state index in [1.165, 1.54) is 19.2 Å². The largest absolute Gasteiger partial charge is 0.388 e. The lowest BCUT2D eigenvalue weighted by Crippen LogP contribution is -2.34. The van der Waals surface area contributed by atoms with Crippen molar-refractivity contribution < 1.29 is 15.0 Å². The lowest BCUT2D eigenvalue weighted by molar-refractivity contribution is -0.119. The molecule has 0 bridgehead atoms. The monoisotopic (exact) mass is 244 g/mol. The van der Waals surface area contributed by atoms with Gasteiger partial charge in [-0.1, -0.05) is 11.6 Å². The Kier molecular flexibility index (Phi) is 4.67. The topological polar surface area (TPSA) is 82.5 Å². The Morgan fingerprint density at radius 3 is 2.75 bits per heavy atom. The number of aromatic nitrogens is 1. The molecule has 0 aliphatic rings. The van der Waals surface area contributed by atoms with E-state index in [1.54, 1.807) is 6.07 Å². The standard InChI is InChI=1S/C10H13ClN2O3/c1-6(14)12-5-9(15)10(16)8-3-2-7(11)4-13-8/h2-4,9-10,15-16H,5H2,1H3,(H,12,14). The fourth-order valence-electron chi connectivity index (χ4n) is 1.12. The molecule has 6 heteroatoms. The molecule has 1 rings (SSSR count). The van der Waals surface area contributed by atoms with Gasteiger partial charge in [-0.15, -0.1) is 0 Å². The lowest BCUT2D eigenvalue weighted by Gasteiger charge is -2.17. The Morgan fingerprint density at radius 2 is 2.25 bits per heavy atom. The van der Waals surface area contributed by atoms with Crippen molar-refractivity contribution in [1.29, 1.82) is 0 Å². The zero-order valence-electron chi connectivity index (χ0n) is 8.72. The van der Waals surface area contributed by atoms with Crippen LogP contribution in [0.15, 0.2) is 18.3 Å². The Hall–Kier alpha value is -1.17. The third kappa shape index (κ3) is 3.77. The van der Waals surface area contributed by atoms with Crippen LogP contribution in [0.4, 0.5) is 0 Å². The number of amides is 1. The summed E-state index contributed by atoms with van der Waals surface area (Å²) in [6.45, 7) is 1.31. The molecule has 5 nitrogen and oxygen atoms in total. The van der Waals surface area contributed by atoms with Gasteiger partial charge in [-0.3, -0.25) is 9.78 Å². The molecule has 16 heavy (non-hydrogen) atoms. The molecule has 2 atom stereocenters. The first-order valence-electron chi connectivity index (χ1n) is 4.72. The predicted molar refractivity (Wildman–Crippen MR) is 58.9 cm³/mol. The predicted octanol–water partition coefficient (Wildman–Crippen LogP) is 0.265. The number of aliphatic hydroxyl groups excluding tert-OH is 2. The summed E-state index contributed by atoms with van der Waals surface area (Å²) in [6.07, 6.45) is -0.868. The van der Waals surface area contributed by atoms with Crippen LogP contribution in [0, 0.1) is 0 Å². The summed E-state index contributed by atoms with van der Waals surface area (Å²) >= 11 is 5.64. The molecule has 0 spiro atoms. The fraction of sp³-hybridized carbons (Fsp3) is 0.400. The van der Waals surface area contributed by atoms with Crippen molar-refractivity contribution in [2.75, 3.05) is 6.54 Å². The second-order valence-corrected chi connectivity index (χ2v) is 3.79. The highest BCUT2D eigenvalue weighted by Crippen LogP contribution is 2.16. The summed E-state index contributed by atoms with van der Waals surface area (Å²) in [5.74, 6) is -0.268. The molecule has 88 valence electrons. The molecule has 0 saturated heterocycles. The van der Waals surface area contributed by atoms with Gasteiger partial charge in [-0.25, -0.2) is 0 Å². The van der Waals surface area contributed by atoms with Gasteiger partial charge in [-0.2, -0.15) is 0 Å². The Morgan fingerprint density at radius 1 is 1.56 bits per heavy atom. The zero-order chi connectivity index (χ0) is 12.1. The summed E-state index contributed by atoms with van der Waals surface area (Å²) in [5.41, 5.74) is 0.308. The fourth-order valence-corrected chi connectivity index (χ4v) is 1.23. The van der Waals surface area contributed by atoms with Crippen LogP contribution in [0.1, 0.15) is 18.7 Å². The van der Waals surface area contributed by atoms with Crippen molar-refractivity contribution >= 4 is 17.5 Å². The maximum absolute atomic E-state index is 10.6. The van der Waals surface area contributed by atoms with Crippen molar-refractivity contribution in [2.45, 2.75) is 19.1 Å². The number of nitrogens with one attached hydrogen (secondary N) is 1. The van der Waals surface area contributed by atoms with Crippen LogP contribution in [-0.2, 0) is 4.79 Å². The molecule has 0 aliphatic carbocycles.